The molecule has 3 N–H and O–H groups in total. The lowest BCUT2D eigenvalue weighted by Gasteiger charge is -2.06. The summed E-state index contributed by atoms with van der Waals surface area (Å²) in [5, 5.41) is 0. The SMILES string of the molecule is Cc1ccc(-n2c(=O)[nH]c(=O)c3[nH]c(=O)[nH]c32)cc1. The van der Waals surface area contributed by atoms with E-state index < -0.39 is 16.9 Å². The molecular weight excluding hydrogens is 248 g/mol. The van der Waals surface area contributed by atoms with Gasteiger partial charge < -0.3 is 0 Å². The first kappa shape index (κ1) is 11.3. The molecule has 7 heteroatoms. The fourth-order valence-corrected chi connectivity index (χ4v) is 1.96. The number of aryl methyl sites for hydroxylation is 1. The molecule has 3 rings (SSSR count). The molecule has 0 bridgehead atoms. The zero-order valence-corrected chi connectivity index (χ0v) is 9.98. The van der Waals surface area contributed by atoms with E-state index in [-0.39, 0.29) is 11.2 Å². The Bertz CT molecular complexity index is 924. The average molecular weight is 258 g/mol. The van der Waals surface area contributed by atoms with Gasteiger partial charge in [0, 0.05) is 0 Å². The molecule has 0 aliphatic rings. The number of benzene rings is 1. The van der Waals surface area contributed by atoms with Crippen LogP contribution in [0, 0.1) is 6.92 Å². The zero-order valence-electron chi connectivity index (χ0n) is 9.98. The molecule has 0 radical (unpaired) electrons. The Morgan fingerprint density at radius 3 is 2.32 bits per heavy atom. The minimum atomic E-state index is -0.623. The Balaban J connectivity index is 2.47. The van der Waals surface area contributed by atoms with Crippen molar-refractivity contribution in [2.24, 2.45) is 0 Å². The summed E-state index contributed by atoms with van der Waals surface area (Å²) in [7, 11) is 0. The van der Waals surface area contributed by atoms with E-state index in [1.807, 2.05) is 19.1 Å². The minimum Gasteiger partial charge on any atom is -0.300 e. The fourth-order valence-electron chi connectivity index (χ4n) is 1.96. The van der Waals surface area contributed by atoms with Crippen molar-refractivity contribution in [2.75, 3.05) is 0 Å². The van der Waals surface area contributed by atoms with E-state index in [0.717, 1.165) is 5.56 Å². The number of aromatic nitrogens is 4. The third-order valence-electron chi connectivity index (χ3n) is 2.87. The van der Waals surface area contributed by atoms with Crippen LogP contribution in [-0.2, 0) is 0 Å². The topological polar surface area (TPSA) is 104 Å². The van der Waals surface area contributed by atoms with Crippen LogP contribution in [0.2, 0.25) is 0 Å². The van der Waals surface area contributed by atoms with Crippen molar-refractivity contribution in [1.29, 1.82) is 0 Å². The number of nitrogens with one attached hydrogen (secondary N) is 3. The molecule has 19 heavy (non-hydrogen) atoms. The molecule has 0 amide bonds. The van der Waals surface area contributed by atoms with Crippen LogP contribution in [0.4, 0.5) is 0 Å². The smallest absolute Gasteiger partial charge is 0.300 e. The number of hydrogen-bond acceptors (Lipinski definition) is 3. The van der Waals surface area contributed by atoms with Gasteiger partial charge in [0.1, 0.15) is 0 Å². The molecule has 3 aromatic rings. The van der Waals surface area contributed by atoms with E-state index in [2.05, 4.69) is 15.0 Å². The molecule has 0 unspecified atom stereocenters. The second-order valence-electron chi connectivity index (χ2n) is 4.23. The molecule has 2 heterocycles. The van der Waals surface area contributed by atoms with Gasteiger partial charge in [-0.05, 0) is 19.1 Å². The molecule has 0 spiro atoms. The Hall–Kier alpha value is -2.83. The van der Waals surface area contributed by atoms with Crippen LogP contribution in [0.3, 0.4) is 0 Å². The Labute approximate surface area is 105 Å². The van der Waals surface area contributed by atoms with E-state index in [4.69, 9.17) is 0 Å². The highest BCUT2D eigenvalue weighted by molar-refractivity contribution is 5.71. The van der Waals surface area contributed by atoms with E-state index in [0.29, 0.717) is 5.69 Å². The minimum absolute atomic E-state index is 0.0465. The van der Waals surface area contributed by atoms with Crippen LogP contribution in [0.1, 0.15) is 5.56 Å². The van der Waals surface area contributed by atoms with Gasteiger partial charge in [0.05, 0.1) is 5.69 Å². The fraction of sp³-hybridized carbons (Fsp3) is 0.0833. The van der Waals surface area contributed by atoms with Gasteiger partial charge in [0.15, 0.2) is 11.2 Å². The third kappa shape index (κ3) is 1.71. The van der Waals surface area contributed by atoms with Gasteiger partial charge in [-0.15, -0.1) is 0 Å². The summed E-state index contributed by atoms with van der Waals surface area (Å²) in [5.41, 5.74) is 0.0465. The van der Waals surface area contributed by atoms with E-state index in [1.165, 1.54) is 4.57 Å². The molecule has 0 aliphatic carbocycles. The van der Waals surface area contributed by atoms with Crippen molar-refractivity contribution in [2.45, 2.75) is 6.92 Å². The summed E-state index contributed by atoms with van der Waals surface area (Å²) in [6, 6.07) is 7.15. The predicted molar refractivity (Wildman–Crippen MR) is 69.9 cm³/mol. The van der Waals surface area contributed by atoms with Gasteiger partial charge in [0.25, 0.3) is 5.56 Å². The van der Waals surface area contributed by atoms with Crippen molar-refractivity contribution in [1.82, 2.24) is 19.5 Å². The molecule has 2 aromatic heterocycles. The van der Waals surface area contributed by atoms with Crippen LogP contribution in [0.25, 0.3) is 16.9 Å². The maximum absolute atomic E-state index is 11.9. The maximum atomic E-state index is 11.9. The second kappa shape index (κ2) is 3.84. The van der Waals surface area contributed by atoms with Crippen molar-refractivity contribution < 1.29 is 0 Å². The largest absolute Gasteiger partial charge is 0.334 e. The molecule has 7 nitrogen and oxygen atoms in total. The highest BCUT2D eigenvalue weighted by Gasteiger charge is 2.11. The first-order valence-corrected chi connectivity index (χ1v) is 5.60. The van der Waals surface area contributed by atoms with Gasteiger partial charge in [-0.1, -0.05) is 17.7 Å². The summed E-state index contributed by atoms with van der Waals surface area (Å²) in [5.74, 6) is 0. The summed E-state index contributed by atoms with van der Waals surface area (Å²) in [6.45, 7) is 1.92. The van der Waals surface area contributed by atoms with Gasteiger partial charge >= 0.3 is 11.4 Å². The van der Waals surface area contributed by atoms with E-state index in [9.17, 15) is 14.4 Å². The summed E-state index contributed by atoms with van der Waals surface area (Å²) in [6.07, 6.45) is 0. The first-order valence-electron chi connectivity index (χ1n) is 5.60. The molecule has 0 aliphatic heterocycles. The number of hydrogen-bond donors (Lipinski definition) is 3. The molecule has 96 valence electrons. The van der Waals surface area contributed by atoms with Gasteiger partial charge in [-0.3, -0.25) is 19.7 Å². The molecule has 0 saturated heterocycles. The van der Waals surface area contributed by atoms with Crippen LogP contribution in [0.5, 0.6) is 0 Å². The number of nitrogens with zero attached hydrogens (tertiary/aromatic N) is 1. The van der Waals surface area contributed by atoms with Crippen LogP contribution >= 0.6 is 0 Å². The Kier molecular flexibility index (Phi) is 2.28. The molecular formula is C12H10N4O3. The van der Waals surface area contributed by atoms with E-state index >= 15 is 0 Å². The van der Waals surface area contributed by atoms with Gasteiger partial charge in [-0.2, -0.15) is 0 Å². The highest BCUT2D eigenvalue weighted by atomic mass is 16.2. The van der Waals surface area contributed by atoms with Crippen LogP contribution in [-0.4, -0.2) is 19.5 Å². The number of fused-ring (bicyclic) bond motifs is 1. The lowest BCUT2D eigenvalue weighted by molar-refractivity contribution is 0.929. The van der Waals surface area contributed by atoms with Crippen molar-refractivity contribution in [3.8, 4) is 5.69 Å². The monoisotopic (exact) mass is 258 g/mol. The lowest BCUT2D eigenvalue weighted by Crippen LogP contribution is -2.29. The zero-order chi connectivity index (χ0) is 13.6. The summed E-state index contributed by atoms with van der Waals surface area (Å²) < 4.78 is 1.24. The number of rotatable bonds is 1. The van der Waals surface area contributed by atoms with Crippen molar-refractivity contribution in [3.63, 3.8) is 0 Å². The van der Waals surface area contributed by atoms with Crippen molar-refractivity contribution in [3.05, 3.63) is 61.2 Å². The first-order chi connectivity index (χ1) is 9.06. The van der Waals surface area contributed by atoms with Crippen LogP contribution < -0.4 is 16.9 Å². The van der Waals surface area contributed by atoms with E-state index in [1.54, 1.807) is 12.1 Å². The number of H-pyrrole nitrogens is 3. The van der Waals surface area contributed by atoms with Gasteiger partial charge in [-0.25, -0.2) is 14.2 Å². The average Bonchev–Trinajstić information content (AvgIpc) is 2.73. The van der Waals surface area contributed by atoms with Crippen LogP contribution in [0.15, 0.2) is 38.6 Å². The Morgan fingerprint density at radius 2 is 1.63 bits per heavy atom. The molecule has 0 fully saturated rings. The number of imidazole rings is 1. The summed E-state index contributed by atoms with van der Waals surface area (Å²) in [4.78, 5) is 41.8. The van der Waals surface area contributed by atoms with Gasteiger partial charge in [0.2, 0.25) is 0 Å². The molecule has 1 aromatic carbocycles. The Morgan fingerprint density at radius 1 is 0.947 bits per heavy atom. The molecule has 0 saturated carbocycles. The quantitative estimate of drug-likeness (QED) is 0.572. The predicted octanol–water partition coefficient (Wildman–Crippen LogP) is 0.00382. The highest BCUT2D eigenvalue weighted by Crippen LogP contribution is 2.10. The molecule has 0 atom stereocenters. The van der Waals surface area contributed by atoms with Crippen molar-refractivity contribution >= 4 is 11.2 Å². The maximum Gasteiger partial charge on any atom is 0.334 e. The number of aromatic amines is 3. The normalized spacial score (nSPS) is 11.0. The second-order valence-corrected chi connectivity index (χ2v) is 4.23. The summed E-state index contributed by atoms with van der Waals surface area (Å²) >= 11 is 0. The third-order valence-corrected chi connectivity index (χ3v) is 2.87. The standard InChI is InChI=1S/C12H10N4O3/c1-6-2-4-7(5-3-6)16-9-8(13-11(18)14-9)10(17)15-12(16)19/h2-5H,1H3,(H2,13,14,18)(H,15,17,19). The lowest BCUT2D eigenvalue weighted by atomic mass is 10.2.